The number of fused-ring (bicyclic) bond motifs is 1. The Balaban J connectivity index is 1.63. The van der Waals surface area contributed by atoms with E-state index in [9.17, 15) is 4.79 Å². The molecule has 0 aliphatic rings. The Labute approximate surface area is 147 Å². The molecule has 1 N–H and O–H groups in total. The van der Waals surface area contributed by atoms with E-state index in [1.807, 2.05) is 12.1 Å². The first-order valence-corrected chi connectivity index (χ1v) is 7.81. The highest BCUT2D eigenvalue weighted by molar-refractivity contribution is 6.33. The number of aromatic nitrogens is 3. The van der Waals surface area contributed by atoms with Crippen LogP contribution in [0.2, 0.25) is 5.15 Å². The highest BCUT2D eigenvalue weighted by Crippen LogP contribution is 2.26. The van der Waals surface area contributed by atoms with Crippen molar-refractivity contribution in [1.29, 1.82) is 0 Å². The first-order chi connectivity index (χ1) is 12.2. The minimum Gasteiger partial charge on any atom is -0.436 e. The van der Waals surface area contributed by atoms with Gasteiger partial charge in [-0.15, -0.1) is 0 Å². The van der Waals surface area contributed by atoms with Gasteiger partial charge in [0.15, 0.2) is 5.58 Å². The van der Waals surface area contributed by atoms with E-state index in [1.165, 1.54) is 6.20 Å². The summed E-state index contributed by atoms with van der Waals surface area (Å²) in [6.45, 7) is 0. The number of carbonyl (C=O) groups is 1. The van der Waals surface area contributed by atoms with Gasteiger partial charge in [-0.2, -0.15) is 0 Å². The van der Waals surface area contributed by atoms with E-state index in [2.05, 4.69) is 20.3 Å². The quantitative estimate of drug-likeness (QED) is 0.560. The molecule has 0 bridgehead atoms. The van der Waals surface area contributed by atoms with Crippen LogP contribution in [0.5, 0.6) is 0 Å². The average Bonchev–Trinajstić information content (AvgIpc) is 3.06. The lowest BCUT2D eigenvalue weighted by molar-refractivity contribution is 0.102. The summed E-state index contributed by atoms with van der Waals surface area (Å²) < 4.78 is 5.74. The van der Waals surface area contributed by atoms with Crippen LogP contribution in [-0.4, -0.2) is 20.9 Å². The molecule has 0 atom stereocenters. The van der Waals surface area contributed by atoms with Crippen LogP contribution in [0, 0.1) is 0 Å². The van der Waals surface area contributed by atoms with Crippen molar-refractivity contribution in [3.05, 3.63) is 71.8 Å². The Morgan fingerprint density at radius 2 is 1.92 bits per heavy atom. The van der Waals surface area contributed by atoms with Gasteiger partial charge < -0.3 is 9.73 Å². The molecule has 0 aliphatic carbocycles. The maximum Gasteiger partial charge on any atom is 0.258 e. The Morgan fingerprint density at radius 1 is 1.08 bits per heavy atom. The molecule has 0 saturated heterocycles. The number of nitrogens with one attached hydrogen (secondary N) is 1. The number of pyridine rings is 2. The smallest absolute Gasteiger partial charge is 0.258 e. The molecule has 0 unspecified atom stereocenters. The third kappa shape index (κ3) is 3.07. The molecule has 0 radical (unpaired) electrons. The minimum atomic E-state index is -0.338. The first-order valence-electron chi connectivity index (χ1n) is 7.43. The maximum atomic E-state index is 12.3. The Hall–Kier alpha value is -3.25. The number of anilines is 1. The van der Waals surface area contributed by atoms with Crippen molar-refractivity contribution >= 4 is 34.3 Å². The number of hydrogen-bond acceptors (Lipinski definition) is 5. The largest absolute Gasteiger partial charge is 0.436 e. The van der Waals surface area contributed by atoms with E-state index in [-0.39, 0.29) is 11.1 Å². The van der Waals surface area contributed by atoms with E-state index in [0.29, 0.717) is 28.2 Å². The van der Waals surface area contributed by atoms with Gasteiger partial charge in [-0.3, -0.25) is 9.78 Å². The summed E-state index contributed by atoms with van der Waals surface area (Å²) >= 11 is 5.95. The third-order valence-electron chi connectivity index (χ3n) is 3.58. The van der Waals surface area contributed by atoms with Crippen molar-refractivity contribution in [1.82, 2.24) is 15.0 Å². The zero-order valence-electron chi connectivity index (χ0n) is 12.8. The van der Waals surface area contributed by atoms with Crippen LogP contribution in [-0.2, 0) is 0 Å². The molecule has 3 heterocycles. The Morgan fingerprint density at radius 3 is 2.72 bits per heavy atom. The SMILES string of the molecule is O=C(Nc1ccc2oc(-c3ccncc3)nc2c1)c1cccnc1Cl. The zero-order valence-corrected chi connectivity index (χ0v) is 13.6. The molecule has 4 aromatic rings. The summed E-state index contributed by atoms with van der Waals surface area (Å²) in [6.07, 6.45) is 4.88. The lowest BCUT2D eigenvalue weighted by Crippen LogP contribution is -2.12. The average molecular weight is 351 g/mol. The molecule has 0 fully saturated rings. The fraction of sp³-hybridized carbons (Fsp3) is 0. The van der Waals surface area contributed by atoms with E-state index in [1.54, 1.807) is 42.7 Å². The molecular formula is C18H11ClN4O2. The van der Waals surface area contributed by atoms with Crippen LogP contribution in [0.15, 0.2) is 65.5 Å². The lowest BCUT2D eigenvalue weighted by Gasteiger charge is -2.05. The van der Waals surface area contributed by atoms with Crippen LogP contribution in [0.3, 0.4) is 0 Å². The topological polar surface area (TPSA) is 80.9 Å². The summed E-state index contributed by atoms with van der Waals surface area (Å²) in [5.41, 5.74) is 3.00. The van der Waals surface area contributed by atoms with Crippen molar-refractivity contribution in [2.24, 2.45) is 0 Å². The molecule has 0 aliphatic heterocycles. The zero-order chi connectivity index (χ0) is 17.2. The Kier molecular flexibility index (Phi) is 3.87. The molecule has 122 valence electrons. The van der Waals surface area contributed by atoms with Gasteiger partial charge in [0.05, 0.1) is 5.56 Å². The number of rotatable bonds is 3. The summed E-state index contributed by atoms with van der Waals surface area (Å²) in [6, 6.07) is 12.1. The third-order valence-corrected chi connectivity index (χ3v) is 3.88. The summed E-state index contributed by atoms with van der Waals surface area (Å²) in [5, 5.41) is 2.94. The van der Waals surface area contributed by atoms with Gasteiger partial charge in [-0.1, -0.05) is 11.6 Å². The number of amides is 1. The van der Waals surface area contributed by atoms with Crippen LogP contribution in [0.25, 0.3) is 22.6 Å². The van der Waals surface area contributed by atoms with Crippen LogP contribution in [0.4, 0.5) is 5.69 Å². The molecule has 25 heavy (non-hydrogen) atoms. The molecule has 1 amide bonds. The number of hydrogen-bond donors (Lipinski definition) is 1. The predicted molar refractivity (Wildman–Crippen MR) is 94.4 cm³/mol. The van der Waals surface area contributed by atoms with Crippen LogP contribution in [0.1, 0.15) is 10.4 Å². The number of benzene rings is 1. The van der Waals surface area contributed by atoms with Crippen molar-refractivity contribution in [3.8, 4) is 11.5 Å². The molecule has 7 heteroatoms. The number of nitrogens with zero attached hydrogens (tertiary/aromatic N) is 3. The van der Waals surface area contributed by atoms with E-state index in [0.717, 1.165) is 5.56 Å². The normalized spacial score (nSPS) is 10.8. The van der Waals surface area contributed by atoms with Gasteiger partial charge in [-0.05, 0) is 42.5 Å². The fourth-order valence-corrected chi connectivity index (χ4v) is 2.58. The second-order valence-corrected chi connectivity index (χ2v) is 5.59. The standard InChI is InChI=1S/C18H11ClN4O2/c19-16-13(2-1-7-21-16)17(24)22-12-3-4-15-14(10-12)23-18(25-15)11-5-8-20-9-6-11/h1-10H,(H,22,24). The monoisotopic (exact) mass is 350 g/mol. The highest BCUT2D eigenvalue weighted by Gasteiger charge is 2.13. The second-order valence-electron chi connectivity index (χ2n) is 5.23. The number of carbonyl (C=O) groups excluding carboxylic acids is 1. The predicted octanol–water partition coefficient (Wildman–Crippen LogP) is 4.19. The van der Waals surface area contributed by atoms with Crippen molar-refractivity contribution in [2.45, 2.75) is 0 Å². The van der Waals surface area contributed by atoms with Crippen LogP contribution >= 0.6 is 11.6 Å². The maximum absolute atomic E-state index is 12.3. The molecule has 4 rings (SSSR count). The molecular weight excluding hydrogens is 340 g/mol. The van der Waals surface area contributed by atoms with E-state index < -0.39 is 0 Å². The number of halogens is 1. The molecule has 1 aromatic carbocycles. The van der Waals surface area contributed by atoms with Gasteiger partial charge >= 0.3 is 0 Å². The summed E-state index contributed by atoms with van der Waals surface area (Å²) in [7, 11) is 0. The molecule has 0 spiro atoms. The van der Waals surface area contributed by atoms with E-state index >= 15 is 0 Å². The van der Waals surface area contributed by atoms with Gasteiger partial charge in [0.2, 0.25) is 5.89 Å². The lowest BCUT2D eigenvalue weighted by atomic mass is 10.2. The Bertz CT molecular complexity index is 1060. The van der Waals surface area contributed by atoms with Gasteiger partial charge in [-0.25, -0.2) is 9.97 Å². The molecule has 6 nitrogen and oxygen atoms in total. The molecule has 0 saturated carbocycles. The van der Waals surface area contributed by atoms with Crippen molar-refractivity contribution in [3.63, 3.8) is 0 Å². The van der Waals surface area contributed by atoms with Crippen molar-refractivity contribution < 1.29 is 9.21 Å². The molecule has 3 aromatic heterocycles. The van der Waals surface area contributed by atoms with Gasteiger partial charge in [0.25, 0.3) is 5.91 Å². The summed E-state index contributed by atoms with van der Waals surface area (Å²) in [4.78, 5) is 24.6. The van der Waals surface area contributed by atoms with Gasteiger partial charge in [0, 0.05) is 29.8 Å². The van der Waals surface area contributed by atoms with E-state index in [4.69, 9.17) is 16.0 Å². The van der Waals surface area contributed by atoms with Crippen molar-refractivity contribution in [2.75, 3.05) is 5.32 Å². The van der Waals surface area contributed by atoms with Crippen LogP contribution < -0.4 is 5.32 Å². The minimum absolute atomic E-state index is 0.155. The second kappa shape index (κ2) is 6.33. The number of oxazole rings is 1. The fourth-order valence-electron chi connectivity index (χ4n) is 2.38. The van der Waals surface area contributed by atoms with Gasteiger partial charge in [0.1, 0.15) is 10.7 Å². The first kappa shape index (κ1) is 15.3. The highest BCUT2D eigenvalue weighted by atomic mass is 35.5. The summed E-state index contributed by atoms with van der Waals surface area (Å²) in [5.74, 6) is 0.159.